The Bertz CT molecular complexity index is 1830. The second-order valence-corrected chi connectivity index (χ2v) is 10.5. The lowest BCUT2D eigenvalue weighted by atomic mass is 10.1. The van der Waals surface area contributed by atoms with Crippen molar-refractivity contribution in [2.75, 3.05) is 24.1 Å². The van der Waals surface area contributed by atoms with E-state index >= 15 is 0 Å². The van der Waals surface area contributed by atoms with E-state index in [0.29, 0.717) is 40.2 Å². The van der Waals surface area contributed by atoms with E-state index in [2.05, 4.69) is 25.7 Å². The molecular formula is C30H32N10O2. The Balaban J connectivity index is 1.22. The van der Waals surface area contributed by atoms with Gasteiger partial charge in [0.25, 0.3) is 11.5 Å². The lowest BCUT2D eigenvalue weighted by Crippen LogP contribution is -2.29. The van der Waals surface area contributed by atoms with Crippen LogP contribution in [0.3, 0.4) is 0 Å². The number of piperidine rings is 1. The van der Waals surface area contributed by atoms with Gasteiger partial charge >= 0.3 is 0 Å². The monoisotopic (exact) mass is 564 g/mol. The molecule has 1 fully saturated rings. The van der Waals surface area contributed by atoms with Crippen molar-refractivity contribution >= 4 is 17.4 Å². The Morgan fingerprint density at radius 1 is 1.05 bits per heavy atom. The van der Waals surface area contributed by atoms with E-state index in [1.54, 1.807) is 43.2 Å². The van der Waals surface area contributed by atoms with Gasteiger partial charge in [0, 0.05) is 18.8 Å². The molecule has 4 aromatic heterocycles. The summed E-state index contributed by atoms with van der Waals surface area (Å²) in [6, 6.07) is 11.3. The molecule has 1 saturated heterocycles. The largest absolute Gasteiger partial charge is 0.382 e. The molecule has 0 spiro atoms. The number of benzene rings is 1. The van der Waals surface area contributed by atoms with Crippen LogP contribution in [-0.4, -0.2) is 53.1 Å². The number of aromatic nitrogens is 7. The quantitative estimate of drug-likeness (QED) is 0.284. The second-order valence-electron chi connectivity index (χ2n) is 10.5. The van der Waals surface area contributed by atoms with E-state index in [-0.39, 0.29) is 11.4 Å². The number of rotatable bonds is 6. The number of pyridine rings is 1. The molecule has 1 aliphatic heterocycles. The molecule has 6 rings (SSSR count). The molecule has 1 amide bonds. The second kappa shape index (κ2) is 11.1. The van der Waals surface area contributed by atoms with E-state index in [0.717, 1.165) is 37.1 Å². The summed E-state index contributed by atoms with van der Waals surface area (Å²) < 4.78 is 5.16. The molecule has 4 N–H and O–H groups in total. The van der Waals surface area contributed by atoms with Crippen molar-refractivity contribution in [3.63, 3.8) is 0 Å². The van der Waals surface area contributed by atoms with Crippen LogP contribution in [0, 0.1) is 13.8 Å². The molecular weight excluding hydrogens is 532 g/mol. The first kappa shape index (κ1) is 27.1. The molecule has 0 atom stereocenters. The Morgan fingerprint density at radius 2 is 1.86 bits per heavy atom. The summed E-state index contributed by atoms with van der Waals surface area (Å²) in [4.78, 5) is 40.1. The van der Waals surface area contributed by atoms with Gasteiger partial charge in [-0.25, -0.2) is 14.6 Å². The minimum absolute atomic E-state index is 0.0657. The van der Waals surface area contributed by atoms with Crippen LogP contribution < -0.4 is 21.9 Å². The molecule has 12 heteroatoms. The summed E-state index contributed by atoms with van der Waals surface area (Å²) in [5.41, 5.74) is 10.9. The summed E-state index contributed by atoms with van der Waals surface area (Å²) in [6.07, 6.45) is 8.97. The molecule has 0 aliphatic carbocycles. The standard InChI is InChI=1S/C30H32N10O2/c1-18-5-4-6-23(13-18)40-30(42)26(19(2)38(40)3)29(41)36-21-7-8-24(33-15-21)27-28(31)34-16-25(37-27)20-14-35-39(17-20)22-9-11-32-12-10-22/h4-8,13-17,22,32H,9-12H2,1-3H3,(H2,31,34)(H,36,41). The number of carbonyl (C=O) groups is 1. The number of nitrogen functional groups attached to an aromatic ring is 1. The molecule has 1 aromatic carbocycles. The van der Waals surface area contributed by atoms with Crippen LogP contribution >= 0.6 is 0 Å². The lowest BCUT2D eigenvalue weighted by molar-refractivity contribution is 0.102. The van der Waals surface area contributed by atoms with Gasteiger partial charge in [-0.1, -0.05) is 12.1 Å². The van der Waals surface area contributed by atoms with Crippen LogP contribution in [0.2, 0.25) is 0 Å². The van der Waals surface area contributed by atoms with Gasteiger partial charge in [-0.15, -0.1) is 0 Å². The van der Waals surface area contributed by atoms with E-state index < -0.39 is 11.5 Å². The zero-order valence-electron chi connectivity index (χ0n) is 23.7. The molecule has 1 aliphatic rings. The number of nitrogens with one attached hydrogen (secondary N) is 2. The number of anilines is 2. The van der Waals surface area contributed by atoms with Crippen molar-refractivity contribution in [2.24, 2.45) is 7.05 Å². The average Bonchev–Trinajstić information content (AvgIpc) is 3.57. The van der Waals surface area contributed by atoms with Crippen molar-refractivity contribution in [1.29, 1.82) is 0 Å². The van der Waals surface area contributed by atoms with E-state index in [4.69, 9.17) is 10.7 Å². The van der Waals surface area contributed by atoms with Crippen LogP contribution in [0.4, 0.5) is 11.5 Å². The Hall–Kier alpha value is -5.10. The average molecular weight is 565 g/mol. The van der Waals surface area contributed by atoms with Crippen molar-refractivity contribution < 1.29 is 4.79 Å². The third-order valence-corrected chi connectivity index (χ3v) is 7.67. The van der Waals surface area contributed by atoms with Crippen molar-refractivity contribution in [3.05, 3.63) is 88.4 Å². The lowest BCUT2D eigenvalue weighted by Gasteiger charge is -2.22. The predicted octanol–water partition coefficient (Wildman–Crippen LogP) is 3.27. The topological polar surface area (TPSA) is 151 Å². The first-order valence-electron chi connectivity index (χ1n) is 13.8. The Morgan fingerprint density at radius 3 is 2.60 bits per heavy atom. The molecule has 5 heterocycles. The maximum Gasteiger partial charge on any atom is 0.284 e. The number of amides is 1. The third kappa shape index (κ3) is 5.07. The highest BCUT2D eigenvalue weighted by atomic mass is 16.2. The first-order valence-corrected chi connectivity index (χ1v) is 13.8. The molecule has 0 saturated carbocycles. The highest BCUT2D eigenvalue weighted by molar-refractivity contribution is 6.04. The normalized spacial score (nSPS) is 13.8. The van der Waals surface area contributed by atoms with Crippen LogP contribution in [-0.2, 0) is 7.05 Å². The minimum atomic E-state index is -0.513. The van der Waals surface area contributed by atoms with Gasteiger partial charge in [0.05, 0.1) is 53.1 Å². The van der Waals surface area contributed by atoms with E-state index in [9.17, 15) is 9.59 Å². The maximum atomic E-state index is 13.3. The predicted molar refractivity (Wildman–Crippen MR) is 160 cm³/mol. The molecule has 0 unspecified atom stereocenters. The summed E-state index contributed by atoms with van der Waals surface area (Å²) in [5, 5.41) is 10.7. The number of nitrogens with zero attached hydrogens (tertiary/aromatic N) is 7. The summed E-state index contributed by atoms with van der Waals surface area (Å²) >= 11 is 0. The highest BCUT2D eigenvalue weighted by Gasteiger charge is 2.23. The van der Waals surface area contributed by atoms with Gasteiger partial charge in [0.2, 0.25) is 0 Å². The van der Waals surface area contributed by atoms with Crippen LogP contribution in [0.25, 0.3) is 28.3 Å². The smallest absolute Gasteiger partial charge is 0.284 e. The zero-order valence-corrected chi connectivity index (χ0v) is 23.7. The molecule has 12 nitrogen and oxygen atoms in total. The third-order valence-electron chi connectivity index (χ3n) is 7.67. The maximum absolute atomic E-state index is 13.3. The molecule has 42 heavy (non-hydrogen) atoms. The number of nitrogens with two attached hydrogens (primary N) is 1. The number of carbonyl (C=O) groups excluding carboxylic acids is 1. The van der Waals surface area contributed by atoms with Crippen molar-refractivity contribution in [2.45, 2.75) is 32.7 Å². The minimum Gasteiger partial charge on any atom is -0.382 e. The fraction of sp³-hybridized carbons (Fsp3) is 0.267. The van der Waals surface area contributed by atoms with Gasteiger partial charge in [0.15, 0.2) is 5.82 Å². The van der Waals surface area contributed by atoms with Crippen LogP contribution in [0.15, 0.2) is 66.0 Å². The van der Waals surface area contributed by atoms with Crippen molar-refractivity contribution in [3.8, 4) is 28.3 Å². The van der Waals surface area contributed by atoms with E-state index in [1.807, 2.05) is 42.1 Å². The Kier molecular flexibility index (Phi) is 7.13. The van der Waals surface area contributed by atoms with Gasteiger partial charge < -0.3 is 16.4 Å². The van der Waals surface area contributed by atoms with E-state index in [1.165, 1.54) is 10.9 Å². The number of aryl methyl sites for hydroxylation is 1. The highest BCUT2D eigenvalue weighted by Crippen LogP contribution is 2.27. The van der Waals surface area contributed by atoms with Gasteiger partial charge in [0.1, 0.15) is 11.3 Å². The summed E-state index contributed by atoms with van der Waals surface area (Å²) in [6.45, 7) is 5.65. The van der Waals surface area contributed by atoms with Crippen molar-refractivity contribution in [1.82, 2.24) is 39.4 Å². The number of hydrogen-bond acceptors (Lipinski definition) is 8. The van der Waals surface area contributed by atoms with Gasteiger partial charge in [-0.3, -0.25) is 23.9 Å². The first-order chi connectivity index (χ1) is 20.3. The SMILES string of the molecule is Cc1cccc(-n2c(=O)c(C(=O)Nc3ccc(-c4nc(-c5cnn(C6CCNCC6)c5)cnc4N)nc3)c(C)n2C)c1. The zero-order chi connectivity index (χ0) is 29.4. The number of hydrogen-bond donors (Lipinski definition) is 3. The van der Waals surface area contributed by atoms with Crippen LogP contribution in [0.5, 0.6) is 0 Å². The fourth-order valence-corrected chi connectivity index (χ4v) is 5.29. The fourth-order valence-electron chi connectivity index (χ4n) is 5.29. The summed E-state index contributed by atoms with van der Waals surface area (Å²) in [7, 11) is 1.75. The summed E-state index contributed by atoms with van der Waals surface area (Å²) in [5.74, 6) is -0.272. The van der Waals surface area contributed by atoms with Crippen LogP contribution in [0.1, 0.15) is 40.5 Å². The Labute approximate surface area is 242 Å². The molecule has 5 aromatic rings. The van der Waals surface area contributed by atoms with Gasteiger partial charge in [-0.2, -0.15) is 5.10 Å². The molecule has 0 bridgehead atoms. The molecule has 0 radical (unpaired) electrons. The molecule has 214 valence electrons. The van der Waals surface area contributed by atoms with Gasteiger partial charge in [-0.05, 0) is 69.6 Å².